The summed E-state index contributed by atoms with van der Waals surface area (Å²) in [5.74, 6) is -0.194. The van der Waals surface area contributed by atoms with Gasteiger partial charge in [-0.15, -0.1) is 0 Å². The normalized spacial score (nSPS) is 11.7. The molecule has 132 valence electrons. The third-order valence-corrected chi connectivity index (χ3v) is 4.44. The monoisotopic (exact) mass is 358 g/mol. The number of carbonyl (C=O) groups excluding carboxylic acids is 2. The lowest BCUT2D eigenvalue weighted by Gasteiger charge is -2.28. The van der Waals surface area contributed by atoms with Gasteiger partial charge in [0.15, 0.2) is 0 Å². The number of hydrogen-bond donors (Lipinski definition) is 1. The molecule has 2 aromatic rings. The molecule has 0 aliphatic rings. The van der Waals surface area contributed by atoms with Gasteiger partial charge < -0.3 is 10.2 Å². The van der Waals surface area contributed by atoms with Crippen molar-refractivity contribution in [2.75, 3.05) is 11.9 Å². The number of halogens is 1. The Kier molecular flexibility index (Phi) is 6.59. The standard InChI is InChI=1S/C20H23ClN2O2/c1-14-9-10-18(21)13-19(14)22-20(25)11-12-23(16(3)24)15(2)17-7-5-4-6-8-17/h4-10,13,15H,11-12H2,1-3H3,(H,22,25). The van der Waals surface area contributed by atoms with Gasteiger partial charge in [-0.3, -0.25) is 9.59 Å². The van der Waals surface area contributed by atoms with Gasteiger partial charge in [0.2, 0.25) is 11.8 Å². The number of nitrogens with one attached hydrogen (secondary N) is 1. The molecule has 0 bridgehead atoms. The molecular weight excluding hydrogens is 336 g/mol. The Hall–Kier alpha value is -2.33. The van der Waals surface area contributed by atoms with Gasteiger partial charge in [-0.2, -0.15) is 0 Å². The summed E-state index contributed by atoms with van der Waals surface area (Å²) in [5, 5.41) is 3.44. The van der Waals surface area contributed by atoms with Crippen LogP contribution in [-0.4, -0.2) is 23.3 Å². The Labute approximate surface area is 153 Å². The van der Waals surface area contributed by atoms with Crippen LogP contribution in [0.5, 0.6) is 0 Å². The van der Waals surface area contributed by atoms with Crippen molar-refractivity contribution in [3.8, 4) is 0 Å². The minimum atomic E-state index is -0.142. The molecule has 0 aliphatic carbocycles. The van der Waals surface area contributed by atoms with Crippen LogP contribution in [0.25, 0.3) is 0 Å². The van der Waals surface area contributed by atoms with Crippen LogP contribution in [0.1, 0.15) is 37.4 Å². The molecule has 1 atom stereocenters. The minimum absolute atomic E-state index is 0.0527. The topological polar surface area (TPSA) is 49.4 Å². The Morgan fingerprint density at radius 1 is 1.16 bits per heavy atom. The van der Waals surface area contributed by atoms with E-state index in [2.05, 4.69) is 5.32 Å². The largest absolute Gasteiger partial charge is 0.336 e. The first kappa shape index (κ1) is 19.0. The minimum Gasteiger partial charge on any atom is -0.336 e. The lowest BCUT2D eigenvalue weighted by Crippen LogP contribution is -2.34. The quantitative estimate of drug-likeness (QED) is 0.821. The number of carbonyl (C=O) groups is 2. The lowest BCUT2D eigenvalue weighted by molar-refractivity contribution is -0.131. The van der Waals surface area contributed by atoms with Gasteiger partial charge in [0.1, 0.15) is 0 Å². The second-order valence-electron chi connectivity index (χ2n) is 6.06. The van der Waals surface area contributed by atoms with Crippen LogP contribution >= 0.6 is 11.6 Å². The zero-order valence-electron chi connectivity index (χ0n) is 14.8. The summed E-state index contributed by atoms with van der Waals surface area (Å²) in [6.45, 7) is 5.76. The van der Waals surface area contributed by atoms with Gasteiger partial charge in [-0.1, -0.05) is 48.0 Å². The summed E-state index contributed by atoms with van der Waals surface area (Å²) in [7, 11) is 0. The van der Waals surface area contributed by atoms with Crippen molar-refractivity contribution in [3.05, 3.63) is 64.7 Å². The van der Waals surface area contributed by atoms with Gasteiger partial charge in [-0.05, 0) is 37.1 Å². The smallest absolute Gasteiger partial charge is 0.226 e. The van der Waals surface area contributed by atoms with E-state index in [-0.39, 0.29) is 24.3 Å². The molecular formula is C20H23ClN2O2. The fraction of sp³-hybridized carbons (Fsp3) is 0.300. The van der Waals surface area contributed by atoms with Crippen LogP contribution in [0, 0.1) is 6.92 Å². The molecule has 0 aromatic heterocycles. The zero-order valence-corrected chi connectivity index (χ0v) is 15.5. The van der Waals surface area contributed by atoms with E-state index >= 15 is 0 Å². The fourth-order valence-corrected chi connectivity index (χ4v) is 2.87. The number of nitrogens with zero attached hydrogens (tertiary/aromatic N) is 1. The number of anilines is 1. The van der Waals surface area contributed by atoms with E-state index in [0.717, 1.165) is 11.1 Å². The predicted octanol–water partition coefficient (Wildman–Crippen LogP) is 4.59. The summed E-state index contributed by atoms with van der Waals surface area (Å²) in [4.78, 5) is 26.0. The van der Waals surface area contributed by atoms with Crippen molar-refractivity contribution in [2.45, 2.75) is 33.2 Å². The Morgan fingerprint density at radius 3 is 2.48 bits per heavy atom. The second-order valence-corrected chi connectivity index (χ2v) is 6.49. The highest BCUT2D eigenvalue weighted by Crippen LogP contribution is 2.22. The van der Waals surface area contributed by atoms with Gasteiger partial charge in [-0.25, -0.2) is 0 Å². The van der Waals surface area contributed by atoms with E-state index in [0.29, 0.717) is 17.3 Å². The van der Waals surface area contributed by atoms with Crippen molar-refractivity contribution < 1.29 is 9.59 Å². The molecule has 2 aromatic carbocycles. The summed E-state index contributed by atoms with van der Waals surface area (Å²) in [5.41, 5.74) is 2.69. The third kappa shape index (κ3) is 5.33. The summed E-state index contributed by atoms with van der Waals surface area (Å²) in [6, 6.07) is 15.1. The number of aryl methyl sites for hydroxylation is 1. The van der Waals surface area contributed by atoms with Crippen LogP contribution in [0.4, 0.5) is 5.69 Å². The average molecular weight is 359 g/mol. The maximum Gasteiger partial charge on any atom is 0.226 e. The molecule has 0 fully saturated rings. The fourth-order valence-electron chi connectivity index (χ4n) is 2.70. The molecule has 5 heteroatoms. The van der Waals surface area contributed by atoms with E-state index < -0.39 is 0 Å². The Morgan fingerprint density at radius 2 is 1.84 bits per heavy atom. The molecule has 0 saturated carbocycles. The molecule has 1 N–H and O–H groups in total. The summed E-state index contributed by atoms with van der Waals surface area (Å²) < 4.78 is 0. The number of hydrogen-bond acceptors (Lipinski definition) is 2. The van der Waals surface area contributed by atoms with Crippen LogP contribution in [0.2, 0.25) is 5.02 Å². The highest BCUT2D eigenvalue weighted by atomic mass is 35.5. The Balaban J connectivity index is 2.00. The predicted molar refractivity (Wildman–Crippen MR) is 102 cm³/mol. The molecule has 2 rings (SSSR count). The number of benzene rings is 2. The number of amides is 2. The van der Waals surface area contributed by atoms with Gasteiger partial charge in [0.25, 0.3) is 0 Å². The zero-order chi connectivity index (χ0) is 18.4. The molecule has 0 aliphatic heterocycles. The maximum atomic E-state index is 12.3. The van der Waals surface area contributed by atoms with E-state index in [9.17, 15) is 9.59 Å². The van der Waals surface area contributed by atoms with E-state index in [1.165, 1.54) is 6.92 Å². The molecule has 4 nitrogen and oxygen atoms in total. The van der Waals surface area contributed by atoms with E-state index in [1.807, 2.05) is 50.2 Å². The Bertz CT molecular complexity index is 747. The third-order valence-electron chi connectivity index (χ3n) is 4.21. The summed E-state index contributed by atoms with van der Waals surface area (Å²) in [6.07, 6.45) is 0.225. The molecule has 0 saturated heterocycles. The van der Waals surface area contributed by atoms with Gasteiger partial charge >= 0.3 is 0 Å². The van der Waals surface area contributed by atoms with Crippen molar-refractivity contribution in [3.63, 3.8) is 0 Å². The van der Waals surface area contributed by atoms with Crippen LogP contribution in [0.15, 0.2) is 48.5 Å². The van der Waals surface area contributed by atoms with Crippen molar-refractivity contribution in [1.29, 1.82) is 0 Å². The summed E-state index contributed by atoms with van der Waals surface area (Å²) >= 11 is 5.97. The van der Waals surface area contributed by atoms with Crippen LogP contribution in [0.3, 0.4) is 0 Å². The van der Waals surface area contributed by atoms with Crippen molar-refractivity contribution in [1.82, 2.24) is 4.90 Å². The molecule has 0 heterocycles. The van der Waals surface area contributed by atoms with Gasteiger partial charge in [0.05, 0.1) is 6.04 Å². The van der Waals surface area contributed by atoms with E-state index in [1.54, 1.807) is 17.0 Å². The van der Waals surface area contributed by atoms with Crippen LogP contribution < -0.4 is 5.32 Å². The highest BCUT2D eigenvalue weighted by molar-refractivity contribution is 6.31. The number of rotatable bonds is 6. The molecule has 0 radical (unpaired) electrons. The average Bonchev–Trinajstić information content (AvgIpc) is 2.58. The van der Waals surface area contributed by atoms with Gasteiger partial charge in [0, 0.05) is 30.6 Å². The molecule has 2 amide bonds. The van der Waals surface area contributed by atoms with Crippen molar-refractivity contribution in [2.24, 2.45) is 0 Å². The van der Waals surface area contributed by atoms with Crippen LogP contribution in [-0.2, 0) is 9.59 Å². The molecule has 1 unspecified atom stereocenters. The SMILES string of the molecule is CC(=O)N(CCC(=O)Nc1cc(Cl)ccc1C)C(C)c1ccccc1. The second kappa shape index (κ2) is 8.67. The highest BCUT2D eigenvalue weighted by Gasteiger charge is 2.19. The van der Waals surface area contributed by atoms with Crippen molar-refractivity contribution >= 4 is 29.1 Å². The first-order valence-electron chi connectivity index (χ1n) is 8.26. The lowest BCUT2D eigenvalue weighted by atomic mass is 10.1. The first-order chi connectivity index (χ1) is 11.9. The first-order valence-corrected chi connectivity index (χ1v) is 8.64. The molecule has 25 heavy (non-hydrogen) atoms. The molecule has 0 spiro atoms. The van der Waals surface area contributed by atoms with E-state index in [4.69, 9.17) is 11.6 Å². The maximum absolute atomic E-state index is 12.3.